The molecule has 2 aromatic heterocycles. The van der Waals surface area contributed by atoms with Crippen molar-refractivity contribution in [1.82, 2.24) is 24.7 Å². The molecule has 0 saturated heterocycles. The third-order valence-electron chi connectivity index (χ3n) is 3.95. The van der Waals surface area contributed by atoms with Crippen LogP contribution in [0.5, 0.6) is 0 Å². The molecule has 0 aliphatic heterocycles. The Labute approximate surface area is 168 Å². The highest BCUT2D eigenvalue weighted by molar-refractivity contribution is 7.99. The smallest absolute Gasteiger partial charge is 0.192 e. The van der Waals surface area contributed by atoms with Crippen molar-refractivity contribution in [3.63, 3.8) is 0 Å². The Kier molecular flexibility index (Phi) is 6.68. The molecule has 0 bridgehead atoms. The van der Waals surface area contributed by atoms with E-state index in [2.05, 4.69) is 62.5 Å². The summed E-state index contributed by atoms with van der Waals surface area (Å²) in [6, 6.07) is 12.4. The number of rotatable bonds is 8. The number of thioether (sulfide) groups is 2. The Morgan fingerprint density at radius 3 is 2.48 bits per heavy atom. The van der Waals surface area contributed by atoms with Crippen LogP contribution in [0.15, 0.2) is 59.4 Å². The lowest BCUT2D eigenvalue weighted by Crippen LogP contribution is -2.04. The molecule has 0 aliphatic rings. The molecular weight excluding hydrogens is 374 g/mol. The van der Waals surface area contributed by atoms with Crippen molar-refractivity contribution >= 4 is 23.5 Å². The van der Waals surface area contributed by atoms with Gasteiger partial charge >= 0.3 is 0 Å². The quantitative estimate of drug-likeness (QED) is 0.302. The Morgan fingerprint density at radius 2 is 1.81 bits per heavy atom. The minimum atomic E-state index is 0.294. The second-order valence-corrected chi connectivity index (χ2v) is 8.44. The Morgan fingerprint density at radius 1 is 1.11 bits per heavy atom. The summed E-state index contributed by atoms with van der Waals surface area (Å²) >= 11 is 3.29. The van der Waals surface area contributed by atoms with Crippen molar-refractivity contribution in [2.24, 2.45) is 0 Å². The molecule has 0 amide bonds. The van der Waals surface area contributed by atoms with Crippen molar-refractivity contribution in [1.29, 1.82) is 0 Å². The van der Waals surface area contributed by atoms with E-state index in [0.29, 0.717) is 17.5 Å². The molecule has 140 valence electrons. The van der Waals surface area contributed by atoms with Gasteiger partial charge in [-0.3, -0.25) is 0 Å². The standard InChI is InChI=1S/C20H23N5S2/c1-5-11-25-18(13-26-19-21-14(2)12-15(3)22-19)23-24-20(25)27-16(4)17-9-7-6-8-10-17/h5-10,12,16H,1,11,13H2,2-4H3/t16-/m1/s1. The van der Waals surface area contributed by atoms with E-state index in [-0.39, 0.29) is 0 Å². The molecule has 0 radical (unpaired) electrons. The van der Waals surface area contributed by atoms with Crippen LogP contribution in [0, 0.1) is 13.8 Å². The van der Waals surface area contributed by atoms with Crippen LogP contribution in [0.25, 0.3) is 0 Å². The first-order chi connectivity index (χ1) is 13.1. The second kappa shape index (κ2) is 9.19. The zero-order valence-electron chi connectivity index (χ0n) is 15.8. The van der Waals surface area contributed by atoms with E-state index in [9.17, 15) is 0 Å². The maximum absolute atomic E-state index is 4.49. The van der Waals surface area contributed by atoms with Crippen molar-refractivity contribution in [2.45, 2.75) is 48.6 Å². The number of hydrogen-bond donors (Lipinski definition) is 0. The summed E-state index contributed by atoms with van der Waals surface area (Å²) in [6.07, 6.45) is 1.88. The predicted octanol–water partition coefficient (Wildman–Crippen LogP) is 5.02. The second-order valence-electron chi connectivity index (χ2n) is 6.19. The molecule has 0 spiro atoms. The fourth-order valence-electron chi connectivity index (χ4n) is 2.66. The average Bonchev–Trinajstić information content (AvgIpc) is 3.02. The summed E-state index contributed by atoms with van der Waals surface area (Å²) in [5.41, 5.74) is 3.23. The number of benzene rings is 1. The van der Waals surface area contributed by atoms with Gasteiger partial charge in [0.15, 0.2) is 10.3 Å². The van der Waals surface area contributed by atoms with Gasteiger partial charge < -0.3 is 4.57 Å². The van der Waals surface area contributed by atoms with Gasteiger partial charge in [-0.2, -0.15) is 0 Å². The van der Waals surface area contributed by atoms with Gasteiger partial charge in [-0.1, -0.05) is 59.9 Å². The van der Waals surface area contributed by atoms with Crippen LogP contribution in [0.3, 0.4) is 0 Å². The molecule has 0 unspecified atom stereocenters. The van der Waals surface area contributed by atoms with Crippen LogP contribution >= 0.6 is 23.5 Å². The molecule has 7 heteroatoms. The van der Waals surface area contributed by atoms with Gasteiger partial charge in [0, 0.05) is 23.2 Å². The molecule has 1 aromatic carbocycles. The summed E-state index contributed by atoms with van der Waals surface area (Å²) in [7, 11) is 0. The van der Waals surface area contributed by atoms with E-state index >= 15 is 0 Å². The fourth-order valence-corrected chi connectivity index (χ4v) is 4.56. The van der Waals surface area contributed by atoms with Gasteiger partial charge in [-0.05, 0) is 32.4 Å². The lowest BCUT2D eigenvalue weighted by molar-refractivity contribution is 0.698. The molecule has 0 aliphatic carbocycles. The first-order valence-corrected chi connectivity index (χ1v) is 10.6. The van der Waals surface area contributed by atoms with Crippen LogP contribution in [-0.2, 0) is 12.3 Å². The summed E-state index contributed by atoms with van der Waals surface area (Å²) in [5, 5.41) is 10.8. The van der Waals surface area contributed by atoms with Crippen LogP contribution in [-0.4, -0.2) is 24.7 Å². The van der Waals surface area contributed by atoms with E-state index in [4.69, 9.17) is 0 Å². The van der Waals surface area contributed by atoms with Gasteiger partial charge in [0.05, 0.1) is 5.75 Å². The van der Waals surface area contributed by atoms with Gasteiger partial charge in [0.25, 0.3) is 0 Å². The van der Waals surface area contributed by atoms with E-state index < -0.39 is 0 Å². The van der Waals surface area contributed by atoms with Crippen molar-refractivity contribution in [3.8, 4) is 0 Å². The molecule has 5 nitrogen and oxygen atoms in total. The first kappa shape index (κ1) is 19.6. The molecule has 1 atom stereocenters. The summed E-state index contributed by atoms with van der Waals surface area (Å²) < 4.78 is 2.12. The Hall–Kier alpha value is -2.12. The SMILES string of the molecule is C=CCn1c(CSc2nc(C)cc(C)n2)nnc1S[C@H](C)c1ccccc1. The summed E-state index contributed by atoms with van der Waals surface area (Å²) in [5.74, 6) is 1.58. The van der Waals surface area contributed by atoms with E-state index in [1.54, 1.807) is 23.5 Å². The first-order valence-electron chi connectivity index (χ1n) is 8.76. The van der Waals surface area contributed by atoms with Crippen LogP contribution < -0.4 is 0 Å². The largest absolute Gasteiger partial charge is 0.301 e. The third-order valence-corrected chi connectivity index (χ3v) is 5.93. The van der Waals surface area contributed by atoms with E-state index in [1.165, 1.54) is 5.56 Å². The molecule has 0 saturated carbocycles. The summed E-state index contributed by atoms with van der Waals surface area (Å²) in [4.78, 5) is 8.98. The average molecular weight is 398 g/mol. The van der Waals surface area contributed by atoms with Crippen LogP contribution in [0.1, 0.15) is 34.9 Å². The predicted molar refractivity (Wildman–Crippen MR) is 112 cm³/mol. The Bertz CT molecular complexity index is 888. The number of aryl methyl sites for hydroxylation is 2. The number of aromatic nitrogens is 5. The molecule has 3 rings (SSSR count). The van der Waals surface area contributed by atoms with Crippen molar-refractivity contribution in [3.05, 3.63) is 71.8 Å². The molecule has 0 fully saturated rings. The number of hydrogen-bond acceptors (Lipinski definition) is 6. The van der Waals surface area contributed by atoms with E-state index in [0.717, 1.165) is 27.5 Å². The van der Waals surface area contributed by atoms with Gasteiger partial charge in [-0.25, -0.2) is 9.97 Å². The van der Waals surface area contributed by atoms with Crippen molar-refractivity contribution < 1.29 is 0 Å². The maximum atomic E-state index is 4.49. The van der Waals surface area contributed by atoms with Gasteiger partial charge in [0.2, 0.25) is 0 Å². The van der Waals surface area contributed by atoms with Crippen molar-refractivity contribution in [2.75, 3.05) is 0 Å². The highest BCUT2D eigenvalue weighted by Crippen LogP contribution is 2.34. The van der Waals surface area contributed by atoms with Gasteiger partial charge in [0.1, 0.15) is 5.82 Å². The fraction of sp³-hybridized carbons (Fsp3) is 0.300. The lowest BCUT2D eigenvalue weighted by atomic mass is 10.2. The number of nitrogens with zero attached hydrogens (tertiary/aromatic N) is 5. The zero-order valence-corrected chi connectivity index (χ0v) is 17.4. The lowest BCUT2D eigenvalue weighted by Gasteiger charge is -2.12. The third kappa shape index (κ3) is 5.20. The van der Waals surface area contributed by atoms with Crippen LogP contribution in [0.2, 0.25) is 0 Å². The summed E-state index contributed by atoms with van der Waals surface area (Å²) in [6.45, 7) is 10.7. The minimum absolute atomic E-state index is 0.294. The molecular formula is C20H23N5S2. The molecule has 3 aromatic rings. The highest BCUT2D eigenvalue weighted by atomic mass is 32.2. The van der Waals surface area contributed by atoms with E-state index in [1.807, 2.05) is 32.1 Å². The maximum Gasteiger partial charge on any atom is 0.192 e. The van der Waals surface area contributed by atoms with Crippen LogP contribution in [0.4, 0.5) is 0 Å². The Balaban J connectivity index is 1.75. The molecule has 2 heterocycles. The highest BCUT2D eigenvalue weighted by Gasteiger charge is 2.16. The molecule has 27 heavy (non-hydrogen) atoms. The zero-order chi connectivity index (χ0) is 19.2. The van der Waals surface area contributed by atoms with Gasteiger partial charge in [-0.15, -0.1) is 16.8 Å². The number of allylic oxidation sites excluding steroid dienone is 1. The normalized spacial score (nSPS) is 12.1. The molecule has 0 N–H and O–H groups in total. The monoisotopic (exact) mass is 397 g/mol. The topological polar surface area (TPSA) is 56.5 Å². The minimum Gasteiger partial charge on any atom is -0.301 e.